The number of para-hydroxylation sites is 2. The fourth-order valence-electron chi connectivity index (χ4n) is 2.83. The summed E-state index contributed by atoms with van der Waals surface area (Å²) in [6.45, 7) is 5.30. The van der Waals surface area contributed by atoms with Gasteiger partial charge in [-0.2, -0.15) is 4.98 Å². The number of ether oxygens (including phenoxy) is 4. The number of aromatic nitrogens is 2. The lowest BCUT2D eigenvalue weighted by molar-refractivity contribution is -0.123. The molecule has 9 nitrogen and oxygen atoms in total. The molecule has 1 aliphatic rings. The number of aryl methyl sites for hydroxylation is 1. The van der Waals surface area contributed by atoms with Gasteiger partial charge in [0.05, 0.1) is 26.9 Å². The number of methoxy groups -OCH3 is 1. The van der Waals surface area contributed by atoms with Crippen LogP contribution in [0.4, 0.5) is 5.82 Å². The molecule has 1 aromatic carbocycles. The lowest BCUT2D eigenvalue weighted by atomic mass is 10.3. The Hall–Kier alpha value is -3.07. The quantitative estimate of drug-likeness (QED) is 0.626. The van der Waals surface area contributed by atoms with Gasteiger partial charge in [-0.3, -0.25) is 4.79 Å². The van der Waals surface area contributed by atoms with E-state index in [0.717, 1.165) is 18.9 Å². The summed E-state index contributed by atoms with van der Waals surface area (Å²) in [6.07, 6.45) is 0. The first-order chi connectivity index (χ1) is 14.2. The molecular formula is C20H26N4O5. The highest BCUT2D eigenvalue weighted by atomic mass is 16.5. The van der Waals surface area contributed by atoms with Gasteiger partial charge in [0.1, 0.15) is 18.2 Å². The summed E-state index contributed by atoms with van der Waals surface area (Å²) < 4.78 is 21.7. The van der Waals surface area contributed by atoms with Crippen LogP contribution in [0.15, 0.2) is 30.3 Å². The molecule has 0 aliphatic carbocycles. The van der Waals surface area contributed by atoms with E-state index in [1.807, 2.05) is 25.1 Å². The molecule has 1 amide bonds. The molecule has 0 spiro atoms. The first kappa shape index (κ1) is 20.7. The fourth-order valence-corrected chi connectivity index (χ4v) is 2.83. The van der Waals surface area contributed by atoms with Crippen LogP contribution in [-0.4, -0.2) is 69.0 Å². The van der Waals surface area contributed by atoms with E-state index >= 15 is 0 Å². The minimum atomic E-state index is -0.243. The van der Waals surface area contributed by atoms with Crippen molar-refractivity contribution in [3.63, 3.8) is 0 Å². The number of rotatable bonds is 9. The molecule has 0 unspecified atom stereocenters. The smallest absolute Gasteiger partial charge is 0.258 e. The van der Waals surface area contributed by atoms with Crippen molar-refractivity contribution in [1.29, 1.82) is 0 Å². The Morgan fingerprint density at radius 3 is 2.69 bits per heavy atom. The normalized spacial score (nSPS) is 13.7. The first-order valence-electron chi connectivity index (χ1n) is 9.49. The molecule has 0 bridgehead atoms. The van der Waals surface area contributed by atoms with E-state index in [4.69, 9.17) is 18.9 Å². The second kappa shape index (κ2) is 10.5. The number of anilines is 1. The van der Waals surface area contributed by atoms with E-state index in [2.05, 4.69) is 20.2 Å². The second-order valence-electron chi connectivity index (χ2n) is 6.35. The number of morpholine rings is 1. The van der Waals surface area contributed by atoms with Crippen LogP contribution in [-0.2, 0) is 9.53 Å². The SMILES string of the molecule is COc1ccccc1OCC(=O)NCCOc1cc(N2CCOCC2)nc(C)n1. The van der Waals surface area contributed by atoms with Crippen LogP contribution in [0, 0.1) is 6.92 Å². The van der Waals surface area contributed by atoms with E-state index in [9.17, 15) is 4.79 Å². The van der Waals surface area contributed by atoms with Crippen molar-refractivity contribution in [2.45, 2.75) is 6.92 Å². The number of hydrogen-bond acceptors (Lipinski definition) is 8. The van der Waals surface area contributed by atoms with Crippen LogP contribution in [0.1, 0.15) is 5.82 Å². The number of nitrogens with zero attached hydrogens (tertiary/aromatic N) is 3. The molecule has 3 rings (SSSR count). The summed E-state index contributed by atoms with van der Waals surface area (Å²) in [7, 11) is 1.55. The van der Waals surface area contributed by atoms with Gasteiger partial charge in [-0.1, -0.05) is 12.1 Å². The molecule has 1 fully saturated rings. The molecule has 1 saturated heterocycles. The largest absolute Gasteiger partial charge is 0.493 e. The topological polar surface area (TPSA) is 95.0 Å². The minimum absolute atomic E-state index is 0.103. The summed E-state index contributed by atoms with van der Waals surface area (Å²) in [5, 5.41) is 2.75. The molecule has 1 N–H and O–H groups in total. The zero-order chi connectivity index (χ0) is 20.5. The number of benzene rings is 1. The number of carbonyl (C=O) groups is 1. The molecule has 0 radical (unpaired) electrons. The number of hydrogen-bond donors (Lipinski definition) is 1. The summed E-state index contributed by atoms with van der Waals surface area (Å²) in [5.41, 5.74) is 0. The molecule has 156 valence electrons. The Labute approximate surface area is 169 Å². The molecule has 9 heteroatoms. The van der Waals surface area contributed by atoms with Gasteiger partial charge in [-0.05, 0) is 19.1 Å². The Morgan fingerprint density at radius 2 is 1.93 bits per heavy atom. The van der Waals surface area contributed by atoms with Crippen molar-refractivity contribution in [1.82, 2.24) is 15.3 Å². The van der Waals surface area contributed by atoms with Crippen molar-refractivity contribution in [3.05, 3.63) is 36.2 Å². The number of carbonyl (C=O) groups excluding carboxylic acids is 1. The molecule has 29 heavy (non-hydrogen) atoms. The summed E-state index contributed by atoms with van der Waals surface area (Å²) in [4.78, 5) is 22.9. The Kier molecular flexibility index (Phi) is 7.46. The third-order valence-electron chi connectivity index (χ3n) is 4.24. The van der Waals surface area contributed by atoms with Crippen molar-refractivity contribution in [2.24, 2.45) is 0 Å². The van der Waals surface area contributed by atoms with Crippen LogP contribution in [0.2, 0.25) is 0 Å². The van der Waals surface area contributed by atoms with Crippen molar-refractivity contribution in [2.75, 3.05) is 58.1 Å². The van der Waals surface area contributed by atoms with Gasteiger partial charge in [0, 0.05) is 19.2 Å². The Morgan fingerprint density at radius 1 is 1.17 bits per heavy atom. The highest BCUT2D eigenvalue weighted by Gasteiger charge is 2.14. The first-order valence-corrected chi connectivity index (χ1v) is 9.49. The lowest BCUT2D eigenvalue weighted by Crippen LogP contribution is -2.37. The van der Waals surface area contributed by atoms with Gasteiger partial charge in [-0.25, -0.2) is 4.98 Å². The van der Waals surface area contributed by atoms with Gasteiger partial charge in [-0.15, -0.1) is 0 Å². The maximum Gasteiger partial charge on any atom is 0.258 e. The zero-order valence-corrected chi connectivity index (χ0v) is 16.7. The molecule has 0 atom stereocenters. The molecule has 1 aliphatic heterocycles. The van der Waals surface area contributed by atoms with Crippen molar-refractivity contribution >= 4 is 11.7 Å². The Bertz CT molecular complexity index is 811. The van der Waals surface area contributed by atoms with Gasteiger partial charge >= 0.3 is 0 Å². The summed E-state index contributed by atoms with van der Waals surface area (Å²) >= 11 is 0. The molecule has 2 aromatic rings. The maximum atomic E-state index is 12.0. The van der Waals surface area contributed by atoms with Crippen LogP contribution < -0.4 is 24.4 Å². The van der Waals surface area contributed by atoms with Gasteiger partial charge in [0.25, 0.3) is 5.91 Å². The monoisotopic (exact) mass is 402 g/mol. The van der Waals surface area contributed by atoms with Crippen LogP contribution in [0.25, 0.3) is 0 Å². The molecular weight excluding hydrogens is 376 g/mol. The second-order valence-corrected chi connectivity index (χ2v) is 6.35. The molecule has 0 saturated carbocycles. The summed E-state index contributed by atoms with van der Waals surface area (Å²) in [6, 6.07) is 8.99. The predicted molar refractivity (Wildman–Crippen MR) is 107 cm³/mol. The van der Waals surface area contributed by atoms with Crippen LogP contribution in [0.3, 0.4) is 0 Å². The number of nitrogens with one attached hydrogen (secondary N) is 1. The minimum Gasteiger partial charge on any atom is -0.493 e. The zero-order valence-electron chi connectivity index (χ0n) is 16.7. The van der Waals surface area contributed by atoms with Gasteiger partial charge < -0.3 is 29.2 Å². The van der Waals surface area contributed by atoms with Crippen molar-refractivity contribution in [3.8, 4) is 17.4 Å². The lowest BCUT2D eigenvalue weighted by Gasteiger charge is -2.28. The Balaban J connectivity index is 1.42. The predicted octanol–water partition coefficient (Wildman–Crippen LogP) is 1.20. The molecule has 2 heterocycles. The van der Waals surface area contributed by atoms with E-state index in [1.165, 1.54) is 0 Å². The van der Waals surface area contributed by atoms with E-state index in [1.54, 1.807) is 19.2 Å². The number of amides is 1. The van der Waals surface area contributed by atoms with Crippen LogP contribution >= 0.6 is 0 Å². The van der Waals surface area contributed by atoms with Crippen molar-refractivity contribution < 1.29 is 23.7 Å². The van der Waals surface area contributed by atoms with E-state index in [0.29, 0.717) is 49.6 Å². The third-order valence-corrected chi connectivity index (χ3v) is 4.24. The van der Waals surface area contributed by atoms with E-state index in [-0.39, 0.29) is 12.5 Å². The average Bonchev–Trinajstić information content (AvgIpc) is 2.75. The maximum absolute atomic E-state index is 12.0. The van der Waals surface area contributed by atoms with Crippen LogP contribution in [0.5, 0.6) is 17.4 Å². The highest BCUT2D eigenvalue weighted by Crippen LogP contribution is 2.25. The third kappa shape index (κ3) is 6.21. The molecule has 1 aromatic heterocycles. The average molecular weight is 402 g/mol. The van der Waals surface area contributed by atoms with Gasteiger partial charge in [0.2, 0.25) is 5.88 Å². The van der Waals surface area contributed by atoms with E-state index < -0.39 is 0 Å². The highest BCUT2D eigenvalue weighted by molar-refractivity contribution is 5.77. The fraction of sp³-hybridized carbons (Fsp3) is 0.450. The summed E-state index contributed by atoms with van der Waals surface area (Å²) in [5.74, 6) is 2.81. The standard InChI is InChI=1S/C20H26N4O5/c1-15-22-18(24-8-11-27-12-9-24)13-20(23-15)28-10-7-21-19(25)14-29-17-6-4-3-5-16(17)26-2/h3-6,13H,7-12,14H2,1-2H3,(H,21,25). The van der Waals surface area contributed by atoms with Gasteiger partial charge in [0.15, 0.2) is 18.1 Å².